The molecule has 0 unspecified atom stereocenters. The molecule has 0 radical (unpaired) electrons. The van der Waals surface area contributed by atoms with E-state index in [1.54, 1.807) is 0 Å². The molecule has 1 atom stereocenters. The van der Waals surface area contributed by atoms with E-state index in [1.807, 2.05) is 13.8 Å². The van der Waals surface area contributed by atoms with Crippen molar-refractivity contribution in [2.24, 2.45) is 0 Å². The number of urea groups is 1. The minimum Gasteiger partial charge on any atom is -0.379 e. The number of alkyl halides is 3. The Morgan fingerprint density at radius 1 is 1.52 bits per heavy atom. The smallest absolute Gasteiger partial charge is 0.379 e. The van der Waals surface area contributed by atoms with Gasteiger partial charge in [0.15, 0.2) is 11.4 Å². The Labute approximate surface area is 130 Å². The molecule has 0 aromatic carbocycles. The van der Waals surface area contributed by atoms with Crippen molar-refractivity contribution in [2.75, 3.05) is 19.6 Å². The Morgan fingerprint density at radius 3 is 2.74 bits per heavy atom. The molecule has 1 saturated heterocycles. The number of amides is 2. The number of nitrogens with one attached hydrogen (secondary N) is 1. The summed E-state index contributed by atoms with van der Waals surface area (Å²) < 4.78 is 43.1. The summed E-state index contributed by atoms with van der Waals surface area (Å²) in [6.07, 6.45) is -4.99. The van der Waals surface area contributed by atoms with E-state index in [-0.39, 0.29) is 25.4 Å². The molecule has 0 bridgehead atoms. The Balaban J connectivity index is 1.79. The summed E-state index contributed by atoms with van der Waals surface area (Å²) in [5.41, 5.74) is -2.83. The molecule has 1 aromatic heterocycles. The van der Waals surface area contributed by atoms with E-state index < -0.39 is 30.8 Å². The van der Waals surface area contributed by atoms with Gasteiger partial charge in [0, 0.05) is 31.8 Å². The van der Waals surface area contributed by atoms with Crippen LogP contribution >= 0.6 is 0 Å². The van der Waals surface area contributed by atoms with Gasteiger partial charge in [-0.3, -0.25) is 0 Å². The number of aromatic nitrogens is 2. The summed E-state index contributed by atoms with van der Waals surface area (Å²) in [7, 11) is 0. The van der Waals surface area contributed by atoms with Crippen LogP contribution < -0.4 is 5.32 Å². The lowest BCUT2D eigenvalue weighted by Gasteiger charge is -2.25. The molecule has 23 heavy (non-hydrogen) atoms. The van der Waals surface area contributed by atoms with Gasteiger partial charge in [0.25, 0.3) is 0 Å². The van der Waals surface area contributed by atoms with Gasteiger partial charge in [-0.15, -0.1) is 0 Å². The first-order chi connectivity index (χ1) is 10.6. The third-order valence-corrected chi connectivity index (χ3v) is 3.68. The van der Waals surface area contributed by atoms with Gasteiger partial charge in [-0.05, 0) is 0 Å². The predicted molar refractivity (Wildman–Crippen MR) is 72.7 cm³/mol. The zero-order chi connectivity index (χ0) is 17.3. The fourth-order valence-electron chi connectivity index (χ4n) is 2.19. The molecule has 0 saturated carbocycles. The molecule has 2 N–H and O–H groups in total. The van der Waals surface area contributed by atoms with Crippen LogP contribution in [0.25, 0.3) is 0 Å². The predicted octanol–water partition coefficient (Wildman–Crippen LogP) is 1.44. The number of hydrogen-bond donors (Lipinski definition) is 2. The maximum absolute atomic E-state index is 12.7. The van der Waals surface area contributed by atoms with Crippen LogP contribution in [-0.2, 0) is 6.42 Å². The highest BCUT2D eigenvalue weighted by atomic mass is 19.4. The number of likely N-dealkylation sites (tertiary alicyclic amines) is 1. The van der Waals surface area contributed by atoms with Crippen molar-refractivity contribution in [2.45, 2.75) is 44.4 Å². The lowest BCUT2D eigenvalue weighted by atomic mass is 10.0. The number of carbonyl (C=O) groups excluding carboxylic acids is 1. The second-order valence-corrected chi connectivity index (χ2v) is 5.88. The fraction of sp³-hybridized carbons (Fsp3) is 0.769. The fourth-order valence-corrected chi connectivity index (χ4v) is 2.19. The summed E-state index contributed by atoms with van der Waals surface area (Å²) in [4.78, 5) is 16.9. The first-order valence-corrected chi connectivity index (χ1v) is 7.27. The van der Waals surface area contributed by atoms with Crippen molar-refractivity contribution in [1.82, 2.24) is 20.4 Å². The SMILES string of the molecule is CC(C)c1noc(CCNC(=O)N2CC[C@@](O)(C(F)(F)F)C2)n1. The highest BCUT2D eigenvalue weighted by molar-refractivity contribution is 5.74. The van der Waals surface area contributed by atoms with Gasteiger partial charge in [0.2, 0.25) is 5.89 Å². The number of nitrogens with zero attached hydrogens (tertiary/aromatic N) is 3. The van der Waals surface area contributed by atoms with Gasteiger partial charge in [0.1, 0.15) is 0 Å². The highest BCUT2D eigenvalue weighted by Crippen LogP contribution is 2.37. The standard InChI is InChI=1S/C13H19F3N4O3/c1-8(2)10-18-9(23-19-10)3-5-17-11(21)20-6-4-12(22,7-20)13(14,15)16/h8,22H,3-7H2,1-2H3,(H,17,21)/t12-/m0/s1. The molecule has 1 aromatic rings. The Kier molecular flexibility index (Phi) is 4.83. The molecule has 0 aliphatic carbocycles. The summed E-state index contributed by atoms with van der Waals surface area (Å²) in [5, 5.41) is 15.8. The summed E-state index contributed by atoms with van der Waals surface area (Å²) in [6.45, 7) is 3.05. The number of halogens is 3. The summed E-state index contributed by atoms with van der Waals surface area (Å²) >= 11 is 0. The second kappa shape index (κ2) is 6.34. The molecular weight excluding hydrogens is 317 g/mol. The Bertz CT molecular complexity index is 561. The van der Waals surface area contributed by atoms with E-state index in [2.05, 4.69) is 15.5 Å². The summed E-state index contributed by atoms with van der Waals surface area (Å²) in [5.74, 6) is 1.02. The average molecular weight is 336 g/mol. The minimum absolute atomic E-state index is 0.117. The van der Waals surface area contributed by atoms with E-state index >= 15 is 0 Å². The van der Waals surface area contributed by atoms with Crippen LogP contribution in [0.3, 0.4) is 0 Å². The van der Waals surface area contributed by atoms with Crippen molar-refractivity contribution in [1.29, 1.82) is 0 Å². The van der Waals surface area contributed by atoms with Crippen LogP contribution in [0.2, 0.25) is 0 Å². The molecule has 2 heterocycles. The van der Waals surface area contributed by atoms with Crippen molar-refractivity contribution in [3.05, 3.63) is 11.7 Å². The Morgan fingerprint density at radius 2 is 2.22 bits per heavy atom. The van der Waals surface area contributed by atoms with Crippen LogP contribution in [0.1, 0.15) is 37.9 Å². The maximum Gasteiger partial charge on any atom is 0.419 e. The van der Waals surface area contributed by atoms with Crippen molar-refractivity contribution >= 4 is 6.03 Å². The Hall–Kier alpha value is -1.84. The number of hydrogen-bond acceptors (Lipinski definition) is 5. The number of β-amino-alcohol motifs (C(OH)–C–C–N with tert-alkyl or cyclic N) is 1. The highest BCUT2D eigenvalue weighted by Gasteiger charge is 2.57. The van der Waals surface area contributed by atoms with Crippen molar-refractivity contribution < 1.29 is 27.6 Å². The van der Waals surface area contributed by atoms with Gasteiger partial charge in [-0.1, -0.05) is 19.0 Å². The average Bonchev–Trinajstić information content (AvgIpc) is 3.05. The van der Waals surface area contributed by atoms with Crippen molar-refractivity contribution in [3.63, 3.8) is 0 Å². The number of aliphatic hydroxyl groups is 1. The third kappa shape index (κ3) is 3.92. The van der Waals surface area contributed by atoms with E-state index in [0.717, 1.165) is 4.90 Å². The van der Waals surface area contributed by atoms with Crippen LogP contribution in [0.5, 0.6) is 0 Å². The molecule has 1 aliphatic rings. The van der Waals surface area contributed by atoms with Gasteiger partial charge < -0.3 is 19.8 Å². The molecule has 7 nitrogen and oxygen atoms in total. The van der Waals surface area contributed by atoms with E-state index in [1.165, 1.54) is 0 Å². The quantitative estimate of drug-likeness (QED) is 0.868. The zero-order valence-electron chi connectivity index (χ0n) is 12.9. The van der Waals surface area contributed by atoms with Gasteiger partial charge >= 0.3 is 12.2 Å². The van der Waals surface area contributed by atoms with Crippen LogP contribution in [-0.4, -0.2) is 57.6 Å². The third-order valence-electron chi connectivity index (χ3n) is 3.68. The first kappa shape index (κ1) is 17.5. The van der Waals surface area contributed by atoms with Crippen LogP contribution in [0.4, 0.5) is 18.0 Å². The zero-order valence-corrected chi connectivity index (χ0v) is 12.9. The lowest BCUT2D eigenvalue weighted by molar-refractivity contribution is -0.253. The molecule has 2 rings (SSSR count). The van der Waals surface area contributed by atoms with Gasteiger partial charge in [-0.2, -0.15) is 18.2 Å². The number of rotatable bonds is 4. The van der Waals surface area contributed by atoms with Gasteiger partial charge in [0.05, 0.1) is 6.54 Å². The lowest BCUT2D eigenvalue weighted by Crippen LogP contribution is -2.49. The molecular formula is C13H19F3N4O3. The minimum atomic E-state index is -4.75. The van der Waals surface area contributed by atoms with E-state index in [4.69, 9.17) is 4.52 Å². The molecule has 130 valence electrons. The van der Waals surface area contributed by atoms with Crippen molar-refractivity contribution in [3.8, 4) is 0 Å². The van der Waals surface area contributed by atoms with E-state index in [0.29, 0.717) is 11.7 Å². The number of carbonyl (C=O) groups is 1. The van der Waals surface area contributed by atoms with E-state index in [9.17, 15) is 23.1 Å². The normalized spacial score (nSPS) is 22.0. The topological polar surface area (TPSA) is 91.5 Å². The molecule has 0 spiro atoms. The summed E-state index contributed by atoms with van der Waals surface area (Å²) in [6, 6.07) is -0.659. The first-order valence-electron chi connectivity index (χ1n) is 7.27. The van der Waals surface area contributed by atoms with Crippen LogP contribution in [0, 0.1) is 0 Å². The monoisotopic (exact) mass is 336 g/mol. The molecule has 1 aliphatic heterocycles. The second-order valence-electron chi connectivity index (χ2n) is 5.88. The maximum atomic E-state index is 12.7. The van der Waals surface area contributed by atoms with Crippen LogP contribution in [0.15, 0.2) is 4.52 Å². The molecule has 1 fully saturated rings. The largest absolute Gasteiger partial charge is 0.419 e. The molecule has 10 heteroatoms. The molecule has 2 amide bonds. The van der Waals surface area contributed by atoms with Gasteiger partial charge in [-0.25, -0.2) is 4.79 Å².